The van der Waals surface area contributed by atoms with Gasteiger partial charge in [0.15, 0.2) is 0 Å². The van der Waals surface area contributed by atoms with Crippen LogP contribution in [-0.2, 0) is 0 Å². The Balaban J connectivity index is 1.03. The maximum atomic E-state index is 10.3. The molecule has 0 aliphatic carbocycles. The second kappa shape index (κ2) is 13.7. The third-order valence-electron chi connectivity index (χ3n) is 12.9. The molecule has 0 unspecified atom stereocenters. The maximum Gasteiger partial charge on any atom is 0.139 e. The number of rotatable bonds is 5. The lowest BCUT2D eigenvalue weighted by molar-refractivity contribution is 1.10. The molecule has 4 heterocycles. The fraction of sp³-hybridized carbons (Fsp3) is 0. The van der Waals surface area contributed by atoms with Crippen LogP contribution in [-0.4, -0.2) is 18.7 Å². The minimum absolute atomic E-state index is 0.602. The van der Waals surface area contributed by atoms with Crippen LogP contribution in [0.3, 0.4) is 0 Å². The average molecular weight is 802 g/mol. The van der Waals surface area contributed by atoms with Crippen molar-refractivity contribution in [3.63, 3.8) is 0 Å². The Hall–Kier alpha value is -8.72. The van der Waals surface area contributed by atoms with Crippen molar-refractivity contribution in [2.45, 2.75) is 0 Å². The Kier molecular flexibility index (Phi) is 7.60. The van der Waals surface area contributed by atoms with Gasteiger partial charge in [0.05, 0.1) is 50.2 Å². The molecule has 13 rings (SSSR count). The van der Waals surface area contributed by atoms with Crippen LogP contribution in [0.5, 0.6) is 0 Å². The van der Waals surface area contributed by atoms with Gasteiger partial charge in [-0.05, 0) is 119 Å². The van der Waals surface area contributed by atoms with Gasteiger partial charge in [0.25, 0.3) is 0 Å². The molecule has 5 nitrogen and oxygen atoms in total. The molecule has 0 bridgehead atoms. The molecule has 0 saturated heterocycles. The number of nitriles is 1. The van der Waals surface area contributed by atoms with Crippen LogP contribution < -0.4 is 0 Å². The summed E-state index contributed by atoms with van der Waals surface area (Å²) in [6, 6.07) is 78.0. The molecule has 13 aromatic rings. The molecule has 9 aromatic carbocycles. The first-order chi connectivity index (χ1) is 31.2. The first kappa shape index (κ1) is 35.1. The molecule has 0 atom stereocenters. The van der Waals surface area contributed by atoms with Crippen LogP contribution in [0.2, 0.25) is 0 Å². The van der Waals surface area contributed by atoms with Gasteiger partial charge in [-0.3, -0.25) is 4.57 Å². The molecule has 0 saturated carbocycles. The van der Waals surface area contributed by atoms with E-state index in [1.165, 1.54) is 43.6 Å². The molecular formula is C58H35N5. The van der Waals surface area contributed by atoms with Gasteiger partial charge in [-0.25, -0.2) is 4.98 Å². The summed E-state index contributed by atoms with van der Waals surface area (Å²) in [6.07, 6.45) is 0. The molecule has 0 amide bonds. The predicted molar refractivity (Wildman–Crippen MR) is 260 cm³/mol. The van der Waals surface area contributed by atoms with E-state index in [2.05, 4.69) is 202 Å². The van der Waals surface area contributed by atoms with Crippen molar-refractivity contribution in [2.75, 3.05) is 0 Å². The first-order valence-corrected chi connectivity index (χ1v) is 21.3. The van der Waals surface area contributed by atoms with Crippen LogP contribution in [0.1, 0.15) is 5.56 Å². The van der Waals surface area contributed by atoms with Gasteiger partial charge < -0.3 is 9.13 Å². The van der Waals surface area contributed by atoms with E-state index in [0.29, 0.717) is 5.56 Å². The lowest BCUT2D eigenvalue weighted by Crippen LogP contribution is -1.99. The van der Waals surface area contributed by atoms with Crippen molar-refractivity contribution in [3.05, 3.63) is 218 Å². The topological polar surface area (TPSA) is 51.5 Å². The van der Waals surface area contributed by atoms with Gasteiger partial charge in [-0.1, -0.05) is 115 Å². The van der Waals surface area contributed by atoms with Gasteiger partial charge in [0.1, 0.15) is 5.82 Å². The van der Waals surface area contributed by atoms with Gasteiger partial charge >= 0.3 is 0 Å². The van der Waals surface area contributed by atoms with Crippen LogP contribution >= 0.6 is 0 Å². The minimum atomic E-state index is 0.602. The summed E-state index contributed by atoms with van der Waals surface area (Å²) in [7, 11) is 0. The van der Waals surface area contributed by atoms with Crippen molar-refractivity contribution < 1.29 is 0 Å². The highest BCUT2D eigenvalue weighted by Gasteiger charge is 2.20. The van der Waals surface area contributed by atoms with Crippen LogP contribution in [0.15, 0.2) is 212 Å². The van der Waals surface area contributed by atoms with Crippen molar-refractivity contribution in [3.8, 4) is 45.5 Å². The number of hydrogen-bond donors (Lipinski definition) is 0. The predicted octanol–water partition coefficient (Wildman–Crippen LogP) is 14.7. The summed E-state index contributed by atoms with van der Waals surface area (Å²) in [6.45, 7) is 0. The molecule has 292 valence electrons. The number of pyridine rings is 1. The highest BCUT2D eigenvalue weighted by atomic mass is 15.1. The van der Waals surface area contributed by atoms with Crippen molar-refractivity contribution in [1.82, 2.24) is 18.7 Å². The van der Waals surface area contributed by atoms with E-state index in [1.54, 1.807) is 0 Å². The average Bonchev–Trinajstić information content (AvgIpc) is 3.99. The van der Waals surface area contributed by atoms with Crippen LogP contribution in [0, 0.1) is 11.3 Å². The molecule has 0 radical (unpaired) electrons. The number of nitrogens with zero attached hydrogens (tertiary/aromatic N) is 5. The Labute approximate surface area is 362 Å². The van der Waals surface area contributed by atoms with Gasteiger partial charge in [0, 0.05) is 49.1 Å². The van der Waals surface area contributed by atoms with Gasteiger partial charge in [-0.2, -0.15) is 5.26 Å². The van der Waals surface area contributed by atoms with E-state index >= 15 is 0 Å². The van der Waals surface area contributed by atoms with E-state index in [0.717, 1.165) is 72.2 Å². The largest absolute Gasteiger partial charge is 0.309 e. The van der Waals surface area contributed by atoms with Crippen molar-refractivity contribution in [2.24, 2.45) is 0 Å². The monoisotopic (exact) mass is 801 g/mol. The number of para-hydroxylation sites is 5. The zero-order chi connectivity index (χ0) is 41.6. The van der Waals surface area contributed by atoms with E-state index in [-0.39, 0.29) is 0 Å². The smallest absolute Gasteiger partial charge is 0.139 e. The molecule has 0 aliphatic rings. The molecule has 0 fully saturated rings. The maximum absolute atomic E-state index is 10.3. The minimum Gasteiger partial charge on any atom is -0.309 e. The van der Waals surface area contributed by atoms with E-state index < -0.39 is 0 Å². The van der Waals surface area contributed by atoms with E-state index in [9.17, 15) is 5.26 Å². The quantitative estimate of drug-likeness (QED) is 0.174. The third-order valence-corrected chi connectivity index (χ3v) is 12.9. The summed E-state index contributed by atoms with van der Waals surface area (Å²) >= 11 is 0. The standard InChI is InChI=1S/C58H35N5/c59-36-41-35-58(60-51-20-10-7-17-44(41)51)63-56-29-25-39(37-23-27-54-47(31-37)45-18-8-11-21-52(45)61(54)42-13-3-1-4-14-42)33-49(56)50-34-40(26-30-57(50)63)38-24-28-55-48(32-38)46-19-9-12-22-53(46)62(55)43-15-5-2-6-16-43/h1-35H. The lowest BCUT2D eigenvalue weighted by Gasteiger charge is -2.11. The molecule has 0 spiro atoms. The Morgan fingerprint density at radius 3 is 1.14 bits per heavy atom. The molecular weight excluding hydrogens is 767 g/mol. The van der Waals surface area contributed by atoms with Crippen molar-refractivity contribution >= 4 is 76.3 Å². The lowest BCUT2D eigenvalue weighted by atomic mass is 9.98. The Morgan fingerprint density at radius 2 is 0.683 bits per heavy atom. The third kappa shape index (κ3) is 5.32. The summed E-state index contributed by atoms with van der Waals surface area (Å²) in [4.78, 5) is 5.18. The molecule has 4 aromatic heterocycles. The zero-order valence-electron chi connectivity index (χ0n) is 33.9. The highest BCUT2D eigenvalue weighted by molar-refractivity contribution is 6.14. The second-order valence-corrected chi connectivity index (χ2v) is 16.3. The summed E-state index contributed by atoms with van der Waals surface area (Å²) < 4.78 is 6.93. The number of aromatic nitrogens is 4. The number of hydrogen-bond acceptors (Lipinski definition) is 2. The molecule has 0 N–H and O–H groups in total. The SMILES string of the molecule is N#Cc1cc(-n2c3ccc(-c4ccc5c(c4)c4ccccc4n5-c4ccccc4)cc3c3cc(-c4ccc5c(c4)c4ccccc4n5-c4ccccc4)ccc32)nc2ccccc12. The van der Waals surface area contributed by atoms with E-state index in [1.807, 2.05) is 30.3 Å². The van der Waals surface area contributed by atoms with Gasteiger partial charge in [-0.15, -0.1) is 0 Å². The van der Waals surface area contributed by atoms with Crippen LogP contribution in [0.25, 0.3) is 116 Å². The molecule has 63 heavy (non-hydrogen) atoms. The number of fused-ring (bicyclic) bond motifs is 10. The summed E-state index contributed by atoms with van der Waals surface area (Å²) in [5, 5.41) is 18.3. The molecule has 0 aliphatic heterocycles. The van der Waals surface area contributed by atoms with Crippen molar-refractivity contribution in [1.29, 1.82) is 5.26 Å². The van der Waals surface area contributed by atoms with E-state index in [4.69, 9.17) is 4.98 Å². The Morgan fingerprint density at radius 1 is 0.317 bits per heavy atom. The molecule has 5 heteroatoms. The first-order valence-electron chi connectivity index (χ1n) is 21.3. The fourth-order valence-electron chi connectivity index (χ4n) is 10.0. The fourth-order valence-corrected chi connectivity index (χ4v) is 10.0. The second-order valence-electron chi connectivity index (χ2n) is 16.3. The van der Waals surface area contributed by atoms with Gasteiger partial charge in [0.2, 0.25) is 0 Å². The normalized spacial score (nSPS) is 11.8. The summed E-state index contributed by atoms with van der Waals surface area (Å²) in [5.41, 5.74) is 15.0. The zero-order valence-corrected chi connectivity index (χ0v) is 33.9. The highest BCUT2D eigenvalue weighted by Crippen LogP contribution is 2.41. The van der Waals surface area contributed by atoms with Crippen LogP contribution in [0.4, 0.5) is 0 Å². The number of benzene rings is 9. The Bertz CT molecular complexity index is 3820. The summed E-state index contributed by atoms with van der Waals surface area (Å²) in [5.74, 6) is 0.719.